The topological polar surface area (TPSA) is 59.3 Å². The van der Waals surface area contributed by atoms with Gasteiger partial charge in [0, 0.05) is 5.69 Å². The number of anilines is 1. The van der Waals surface area contributed by atoms with Crippen LogP contribution in [0.3, 0.4) is 0 Å². The summed E-state index contributed by atoms with van der Waals surface area (Å²) in [4.78, 5) is 24.3. The minimum Gasteiger partial charge on any atom is -0.463 e. The van der Waals surface area contributed by atoms with Crippen molar-refractivity contribution in [2.75, 3.05) is 5.32 Å². The van der Waals surface area contributed by atoms with Gasteiger partial charge in [-0.15, -0.1) is 0 Å². The lowest BCUT2D eigenvalue weighted by Crippen LogP contribution is -2.21. The predicted molar refractivity (Wildman–Crippen MR) is 76.8 cm³/mol. The highest BCUT2D eigenvalue weighted by Crippen LogP contribution is 2.13. The summed E-state index contributed by atoms with van der Waals surface area (Å²) in [5, 5.41) is 2.79. The number of hydrogen-bond acceptors (Lipinski definition) is 3. The Morgan fingerprint density at radius 2 is 1.90 bits per heavy atom. The van der Waals surface area contributed by atoms with E-state index in [0.29, 0.717) is 11.0 Å². The van der Waals surface area contributed by atoms with Crippen molar-refractivity contribution in [3.8, 4) is 0 Å². The number of para-hydroxylation sites is 1. The van der Waals surface area contributed by atoms with Gasteiger partial charge in [0.25, 0.3) is 5.91 Å². The molecule has 0 unspecified atom stereocenters. The molecule has 1 N–H and O–H groups in total. The summed E-state index contributed by atoms with van der Waals surface area (Å²) in [6.45, 7) is 0. The first-order chi connectivity index (χ1) is 10.1. The molecule has 104 valence electrons. The van der Waals surface area contributed by atoms with Crippen LogP contribution in [-0.2, 0) is 0 Å². The van der Waals surface area contributed by atoms with Gasteiger partial charge in [-0.3, -0.25) is 9.59 Å². The van der Waals surface area contributed by atoms with E-state index in [-0.39, 0.29) is 11.3 Å². The van der Waals surface area contributed by atoms with Gasteiger partial charge in [0.1, 0.15) is 23.2 Å². The van der Waals surface area contributed by atoms with Gasteiger partial charge in [0.2, 0.25) is 5.43 Å². The van der Waals surface area contributed by atoms with E-state index in [2.05, 4.69) is 5.32 Å². The van der Waals surface area contributed by atoms with Crippen LogP contribution in [0, 0.1) is 5.82 Å². The molecule has 1 aromatic heterocycles. The zero-order chi connectivity index (χ0) is 14.8. The Kier molecular flexibility index (Phi) is 3.23. The number of halogens is 1. The first-order valence-corrected chi connectivity index (χ1v) is 6.22. The molecule has 4 nitrogen and oxygen atoms in total. The fraction of sp³-hybridized carbons (Fsp3) is 0. The van der Waals surface area contributed by atoms with Gasteiger partial charge < -0.3 is 9.73 Å². The van der Waals surface area contributed by atoms with E-state index in [0.717, 1.165) is 6.26 Å². The van der Waals surface area contributed by atoms with E-state index in [1.54, 1.807) is 24.3 Å². The van der Waals surface area contributed by atoms with Gasteiger partial charge in [0.05, 0.1) is 5.39 Å². The van der Waals surface area contributed by atoms with Gasteiger partial charge in [-0.25, -0.2) is 4.39 Å². The molecule has 21 heavy (non-hydrogen) atoms. The summed E-state index contributed by atoms with van der Waals surface area (Å²) in [6.07, 6.45) is 1.11. The van der Waals surface area contributed by atoms with Crippen LogP contribution in [0.5, 0.6) is 0 Å². The summed E-state index contributed by atoms with van der Waals surface area (Å²) >= 11 is 0. The van der Waals surface area contributed by atoms with Gasteiger partial charge in [-0.2, -0.15) is 0 Å². The molecule has 0 saturated carbocycles. The number of benzene rings is 2. The summed E-state index contributed by atoms with van der Waals surface area (Å²) in [7, 11) is 0. The van der Waals surface area contributed by atoms with Crippen LogP contribution in [0.1, 0.15) is 10.4 Å². The summed E-state index contributed by atoms with van der Waals surface area (Å²) in [6, 6.07) is 12.1. The minimum atomic E-state index is -0.639. The fourth-order valence-corrected chi connectivity index (χ4v) is 2.00. The van der Waals surface area contributed by atoms with Gasteiger partial charge in [-0.1, -0.05) is 18.2 Å². The Morgan fingerprint density at radius 1 is 1.10 bits per heavy atom. The maximum atomic E-state index is 13.1. The van der Waals surface area contributed by atoms with E-state index in [1.807, 2.05) is 0 Å². The zero-order valence-corrected chi connectivity index (χ0v) is 10.8. The molecule has 0 aliphatic heterocycles. The second-order valence-electron chi connectivity index (χ2n) is 4.44. The third-order valence-corrected chi connectivity index (χ3v) is 3.01. The molecule has 5 heteroatoms. The first kappa shape index (κ1) is 13.1. The van der Waals surface area contributed by atoms with Crippen LogP contribution in [0.25, 0.3) is 11.0 Å². The van der Waals surface area contributed by atoms with Crippen LogP contribution in [-0.4, -0.2) is 5.91 Å². The number of carbonyl (C=O) groups is 1. The molecule has 3 aromatic rings. The molecule has 0 fully saturated rings. The van der Waals surface area contributed by atoms with Crippen molar-refractivity contribution in [1.82, 2.24) is 0 Å². The molecule has 1 amide bonds. The van der Waals surface area contributed by atoms with Crippen molar-refractivity contribution in [2.45, 2.75) is 0 Å². The van der Waals surface area contributed by atoms with Gasteiger partial charge in [-0.05, 0) is 30.3 Å². The number of nitrogens with one attached hydrogen (secondary N) is 1. The molecule has 3 rings (SSSR count). The Labute approximate surface area is 118 Å². The number of amides is 1. The van der Waals surface area contributed by atoms with Gasteiger partial charge >= 0.3 is 0 Å². The van der Waals surface area contributed by atoms with Crippen LogP contribution in [0.15, 0.2) is 64.0 Å². The molecular formula is C16H10FNO3. The van der Waals surface area contributed by atoms with Crippen LogP contribution in [0.4, 0.5) is 10.1 Å². The number of rotatable bonds is 2. The zero-order valence-electron chi connectivity index (χ0n) is 10.8. The van der Waals surface area contributed by atoms with E-state index in [4.69, 9.17) is 4.42 Å². The molecule has 0 atom stereocenters. The summed E-state index contributed by atoms with van der Waals surface area (Å²) < 4.78 is 18.3. The number of hydrogen-bond donors (Lipinski definition) is 1. The second kappa shape index (κ2) is 5.20. The van der Waals surface area contributed by atoms with Gasteiger partial charge in [0.15, 0.2) is 0 Å². The summed E-state index contributed by atoms with van der Waals surface area (Å²) in [5.74, 6) is -1.11. The number of carbonyl (C=O) groups excluding carboxylic acids is 1. The first-order valence-electron chi connectivity index (χ1n) is 6.22. The van der Waals surface area contributed by atoms with Crippen molar-refractivity contribution in [2.24, 2.45) is 0 Å². The average Bonchev–Trinajstić information content (AvgIpc) is 2.48. The SMILES string of the molecule is O=C(Nc1cccc(F)c1)c1coc2ccccc2c1=O. The minimum absolute atomic E-state index is 0.127. The Morgan fingerprint density at radius 3 is 2.71 bits per heavy atom. The summed E-state index contributed by atoms with van der Waals surface area (Å²) in [5.41, 5.74) is 0.126. The van der Waals surface area contributed by atoms with E-state index >= 15 is 0 Å². The van der Waals surface area contributed by atoms with Crippen molar-refractivity contribution in [1.29, 1.82) is 0 Å². The molecule has 0 bridgehead atoms. The molecule has 0 radical (unpaired) electrons. The largest absolute Gasteiger partial charge is 0.463 e. The highest BCUT2D eigenvalue weighted by Gasteiger charge is 2.14. The fourth-order valence-electron chi connectivity index (χ4n) is 2.00. The van der Waals surface area contributed by atoms with Crippen molar-refractivity contribution < 1.29 is 13.6 Å². The van der Waals surface area contributed by atoms with Crippen LogP contribution >= 0.6 is 0 Å². The standard InChI is InChI=1S/C16H10FNO3/c17-10-4-3-5-11(8-10)18-16(20)13-9-21-14-7-2-1-6-12(14)15(13)19/h1-9H,(H,18,20). The molecule has 0 aliphatic carbocycles. The normalized spacial score (nSPS) is 10.5. The smallest absolute Gasteiger partial charge is 0.262 e. The molecular weight excluding hydrogens is 273 g/mol. The highest BCUT2D eigenvalue weighted by atomic mass is 19.1. The van der Waals surface area contributed by atoms with Crippen molar-refractivity contribution >= 4 is 22.6 Å². The molecule has 0 saturated heterocycles. The lowest BCUT2D eigenvalue weighted by atomic mass is 10.1. The van der Waals surface area contributed by atoms with E-state index in [9.17, 15) is 14.0 Å². The van der Waals surface area contributed by atoms with Crippen LogP contribution in [0.2, 0.25) is 0 Å². The molecule has 1 heterocycles. The number of fused-ring (bicyclic) bond motifs is 1. The second-order valence-corrected chi connectivity index (χ2v) is 4.44. The third-order valence-electron chi connectivity index (χ3n) is 3.01. The molecule has 0 aliphatic rings. The van der Waals surface area contributed by atoms with E-state index in [1.165, 1.54) is 24.3 Å². The monoisotopic (exact) mass is 283 g/mol. The third kappa shape index (κ3) is 2.53. The Hall–Kier alpha value is -2.95. The Bertz CT molecular complexity index is 886. The lowest BCUT2D eigenvalue weighted by molar-refractivity contribution is 0.102. The van der Waals surface area contributed by atoms with Crippen molar-refractivity contribution in [3.63, 3.8) is 0 Å². The maximum absolute atomic E-state index is 13.1. The molecule has 2 aromatic carbocycles. The average molecular weight is 283 g/mol. The van der Waals surface area contributed by atoms with Crippen molar-refractivity contribution in [3.05, 3.63) is 76.4 Å². The van der Waals surface area contributed by atoms with Crippen LogP contribution < -0.4 is 10.7 Å². The highest BCUT2D eigenvalue weighted by molar-refractivity contribution is 6.05. The predicted octanol–water partition coefficient (Wildman–Crippen LogP) is 3.18. The molecule has 0 spiro atoms. The lowest BCUT2D eigenvalue weighted by Gasteiger charge is -2.05. The van der Waals surface area contributed by atoms with E-state index < -0.39 is 17.2 Å². The maximum Gasteiger partial charge on any atom is 0.262 e. The quantitative estimate of drug-likeness (QED) is 0.785. The Balaban J connectivity index is 1.99.